The Bertz CT molecular complexity index is 467. The summed E-state index contributed by atoms with van der Waals surface area (Å²) in [5, 5.41) is 6.63. The summed E-state index contributed by atoms with van der Waals surface area (Å²) in [7, 11) is 0. The highest BCUT2D eigenvalue weighted by Gasteiger charge is 2.34. The van der Waals surface area contributed by atoms with Crippen molar-refractivity contribution < 1.29 is 4.79 Å². The number of carbonyl (C=O) groups is 1. The molecule has 0 aliphatic carbocycles. The zero-order chi connectivity index (χ0) is 13.9. The molecule has 0 saturated carbocycles. The summed E-state index contributed by atoms with van der Waals surface area (Å²) in [6, 6.07) is 8.91. The monoisotopic (exact) mass is 273 g/mol. The van der Waals surface area contributed by atoms with Gasteiger partial charge < -0.3 is 15.5 Å². The number of nitrogens with zero attached hydrogens (tertiary/aromatic N) is 1. The molecule has 1 aromatic carbocycles. The number of nitrogens with one attached hydrogen (secondary N) is 2. The van der Waals surface area contributed by atoms with Crippen LogP contribution in [-0.4, -0.2) is 43.0 Å². The van der Waals surface area contributed by atoms with E-state index in [1.807, 2.05) is 4.90 Å². The largest absolute Gasteiger partial charge is 0.332 e. The van der Waals surface area contributed by atoms with E-state index in [0.717, 1.165) is 39.0 Å². The Balaban J connectivity index is 1.78. The molecule has 20 heavy (non-hydrogen) atoms. The predicted molar refractivity (Wildman–Crippen MR) is 79.6 cm³/mol. The summed E-state index contributed by atoms with van der Waals surface area (Å²) >= 11 is 0. The van der Waals surface area contributed by atoms with Gasteiger partial charge in [0, 0.05) is 19.6 Å². The minimum atomic E-state index is 0.0468. The number of hydrogen-bond donors (Lipinski definition) is 2. The van der Waals surface area contributed by atoms with Crippen molar-refractivity contribution in [3.05, 3.63) is 35.4 Å². The van der Waals surface area contributed by atoms with Crippen molar-refractivity contribution in [1.29, 1.82) is 0 Å². The van der Waals surface area contributed by atoms with E-state index in [9.17, 15) is 4.79 Å². The van der Waals surface area contributed by atoms with Crippen LogP contribution >= 0.6 is 0 Å². The van der Waals surface area contributed by atoms with E-state index in [-0.39, 0.29) is 18.0 Å². The number of amides is 1. The smallest absolute Gasteiger partial charge is 0.240 e. The summed E-state index contributed by atoms with van der Waals surface area (Å²) in [6.07, 6.45) is 2.03. The van der Waals surface area contributed by atoms with E-state index >= 15 is 0 Å². The molecule has 0 aromatic heterocycles. The van der Waals surface area contributed by atoms with Gasteiger partial charge in [-0.2, -0.15) is 0 Å². The topological polar surface area (TPSA) is 44.4 Å². The maximum atomic E-state index is 12.5. The number of benzene rings is 1. The molecule has 2 fully saturated rings. The van der Waals surface area contributed by atoms with Gasteiger partial charge in [-0.1, -0.05) is 31.2 Å². The summed E-state index contributed by atoms with van der Waals surface area (Å²) < 4.78 is 0. The quantitative estimate of drug-likeness (QED) is 0.866. The first-order valence-corrected chi connectivity index (χ1v) is 7.63. The molecular formula is C16H23N3O. The summed E-state index contributed by atoms with van der Waals surface area (Å²) in [5.41, 5.74) is 2.58. The standard InChI is InChI=1S/C16H23N3O/c1-2-12-3-5-13(6-4-12)15-11-17-9-10-19(15)16(20)14-7-8-18-14/h3-6,14-15,17-18H,2,7-11H2,1H3/t14-,15?/m1/s1. The summed E-state index contributed by atoms with van der Waals surface area (Å²) in [6.45, 7) is 5.68. The van der Waals surface area contributed by atoms with Crippen molar-refractivity contribution in [2.24, 2.45) is 0 Å². The fourth-order valence-electron chi connectivity index (χ4n) is 2.94. The lowest BCUT2D eigenvalue weighted by Crippen LogP contribution is -2.58. The van der Waals surface area contributed by atoms with Crippen LogP contribution in [0.25, 0.3) is 0 Å². The average Bonchev–Trinajstić information content (AvgIpc) is 2.45. The summed E-state index contributed by atoms with van der Waals surface area (Å²) in [4.78, 5) is 14.6. The Morgan fingerprint density at radius 1 is 1.30 bits per heavy atom. The molecular weight excluding hydrogens is 250 g/mol. The summed E-state index contributed by atoms with van der Waals surface area (Å²) in [5.74, 6) is 0.266. The van der Waals surface area contributed by atoms with Gasteiger partial charge in [-0.25, -0.2) is 0 Å². The lowest BCUT2D eigenvalue weighted by Gasteiger charge is -2.40. The molecule has 2 atom stereocenters. The zero-order valence-electron chi connectivity index (χ0n) is 12.1. The van der Waals surface area contributed by atoms with Crippen molar-refractivity contribution in [3.63, 3.8) is 0 Å². The Hall–Kier alpha value is -1.39. The highest BCUT2D eigenvalue weighted by molar-refractivity contribution is 5.83. The van der Waals surface area contributed by atoms with Crippen molar-refractivity contribution in [1.82, 2.24) is 15.5 Å². The molecule has 1 amide bonds. The maximum Gasteiger partial charge on any atom is 0.240 e. The molecule has 2 N–H and O–H groups in total. The first-order valence-electron chi connectivity index (χ1n) is 7.63. The van der Waals surface area contributed by atoms with Crippen LogP contribution < -0.4 is 10.6 Å². The van der Waals surface area contributed by atoms with E-state index in [2.05, 4.69) is 41.8 Å². The van der Waals surface area contributed by atoms with Crippen LogP contribution in [0.4, 0.5) is 0 Å². The van der Waals surface area contributed by atoms with E-state index in [1.165, 1.54) is 11.1 Å². The third kappa shape index (κ3) is 2.58. The first-order chi connectivity index (χ1) is 9.79. The van der Waals surface area contributed by atoms with Gasteiger partial charge in [0.1, 0.15) is 0 Å². The van der Waals surface area contributed by atoms with Crippen LogP contribution in [0.2, 0.25) is 0 Å². The molecule has 4 heteroatoms. The van der Waals surface area contributed by atoms with Gasteiger partial charge in [0.2, 0.25) is 5.91 Å². The molecule has 1 unspecified atom stereocenters. The van der Waals surface area contributed by atoms with Crippen LogP contribution in [-0.2, 0) is 11.2 Å². The molecule has 2 saturated heterocycles. The predicted octanol–water partition coefficient (Wildman–Crippen LogP) is 1.08. The van der Waals surface area contributed by atoms with Gasteiger partial charge in [-0.15, -0.1) is 0 Å². The van der Waals surface area contributed by atoms with Crippen molar-refractivity contribution in [2.45, 2.75) is 31.8 Å². The van der Waals surface area contributed by atoms with Crippen LogP contribution in [0.3, 0.4) is 0 Å². The minimum absolute atomic E-state index is 0.0468. The number of aryl methyl sites for hydroxylation is 1. The molecule has 2 heterocycles. The SMILES string of the molecule is CCc1ccc(C2CNCCN2C(=O)[C@H]2CCN2)cc1. The Kier molecular flexibility index (Phi) is 4.03. The van der Waals surface area contributed by atoms with Crippen molar-refractivity contribution in [2.75, 3.05) is 26.2 Å². The second kappa shape index (κ2) is 5.94. The number of hydrogen-bond acceptors (Lipinski definition) is 3. The van der Waals surface area contributed by atoms with Gasteiger partial charge >= 0.3 is 0 Å². The molecule has 0 radical (unpaired) electrons. The maximum absolute atomic E-state index is 12.5. The van der Waals surface area contributed by atoms with Crippen LogP contribution in [0.5, 0.6) is 0 Å². The van der Waals surface area contributed by atoms with E-state index in [0.29, 0.717) is 0 Å². The Morgan fingerprint density at radius 2 is 2.05 bits per heavy atom. The van der Waals surface area contributed by atoms with Crippen LogP contribution in [0, 0.1) is 0 Å². The van der Waals surface area contributed by atoms with Gasteiger partial charge in [-0.05, 0) is 30.5 Å². The third-order valence-corrected chi connectivity index (χ3v) is 4.42. The molecule has 2 aliphatic heterocycles. The Labute approximate surface area is 120 Å². The normalized spacial score (nSPS) is 26.1. The number of carbonyl (C=O) groups excluding carboxylic acids is 1. The molecule has 1 aromatic rings. The van der Waals surface area contributed by atoms with Gasteiger partial charge in [-0.3, -0.25) is 4.79 Å². The highest BCUT2D eigenvalue weighted by Crippen LogP contribution is 2.24. The zero-order valence-corrected chi connectivity index (χ0v) is 12.1. The fraction of sp³-hybridized carbons (Fsp3) is 0.562. The van der Waals surface area contributed by atoms with E-state index in [1.54, 1.807) is 0 Å². The van der Waals surface area contributed by atoms with Gasteiger partial charge in [0.15, 0.2) is 0 Å². The third-order valence-electron chi connectivity index (χ3n) is 4.42. The van der Waals surface area contributed by atoms with E-state index < -0.39 is 0 Å². The van der Waals surface area contributed by atoms with Crippen LogP contribution in [0.1, 0.15) is 30.5 Å². The lowest BCUT2D eigenvalue weighted by atomic mass is 9.98. The van der Waals surface area contributed by atoms with Crippen LogP contribution in [0.15, 0.2) is 24.3 Å². The van der Waals surface area contributed by atoms with Gasteiger partial charge in [0.25, 0.3) is 0 Å². The van der Waals surface area contributed by atoms with Crippen molar-refractivity contribution in [3.8, 4) is 0 Å². The number of rotatable bonds is 3. The molecule has 0 bridgehead atoms. The Morgan fingerprint density at radius 3 is 2.65 bits per heavy atom. The lowest BCUT2D eigenvalue weighted by molar-refractivity contribution is -0.138. The molecule has 0 spiro atoms. The highest BCUT2D eigenvalue weighted by atomic mass is 16.2. The molecule has 108 valence electrons. The number of piperazine rings is 1. The molecule has 2 aliphatic rings. The fourth-order valence-corrected chi connectivity index (χ4v) is 2.94. The van der Waals surface area contributed by atoms with Crippen molar-refractivity contribution >= 4 is 5.91 Å². The second-order valence-corrected chi connectivity index (χ2v) is 5.64. The average molecular weight is 273 g/mol. The minimum Gasteiger partial charge on any atom is -0.332 e. The second-order valence-electron chi connectivity index (χ2n) is 5.64. The molecule has 3 rings (SSSR count). The molecule has 4 nitrogen and oxygen atoms in total. The van der Waals surface area contributed by atoms with E-state index in [4.69, 9.17) is 0 Å². The van der Waals surface area contributed by atoms with Gasteiger partial charge in [0.05, 0.1) is 12.1 Å². The first kappa shape index (κ1) is 13.6.